The number of H-pyrrole nitrogens is 1. The van der Waals surface area contributed by atoms with E-state index < -0.39 is 12.1 Å². The van der Waals surface area contributed by atoms with E-state index in [9.17, 15) is 9.59 Å². The second-order valence-electron chi connectivity index (χ2n) is 6.91. The summed E-state index contributed by atoms with van der Waals surface area (Å²) in [7, 11) is 1.28. The molecule has 0 aliphatic carbocycles. The van der Waals surface area contributed by atoms with Crippen molar-refractivity contribution in [2.75, 3.05) is 13.7 Å². The molecule has 1 aliphatic rings. The quantitative estimate of drug-likeness (QED) is 0.685. The van der Waals surface area contributed by atoms with Crippen molar-refractivity contribution < 1.29 is 14.3 Å². The van der Waals surface area contributed by atoms with E-state index in [4.69, 9.17) is 0 Å². The number of hydrogen-bond donors (Lipinski definition) is 2. The van der Waals surface area contributed by atoms with Crippen molar-refractivity contribution in [3.63, 3.8) is 0 Å². The van der Waals surface area contributed by atoms with E-state index in [2.05, 4.69) is 36.0 Å². The Morgan fingerprint density at radius 3 is 2.68 bits per heavy atom. The number of carbonyl (C=O) groups excluding carboxylic acids is 2. The maximum atomic E-state index is 13.1. The summed E-state index contributed by atoms with van der Waals surface area (Å²) < 4.78 is 5.66. The molecule has 0 bridgehead atoms. The fourth-order valence-corrected chi connectivity index (χ4v) is 3.39. The first-order valence-electron chi connectivity index (χ1n) is 9.03. The van der Waals surface area contributed by atoms with Crippen LogP contribution in [0.4, 0.5) is 4.79 Å². The summed E-state index contributed by atoms with van der Waals surface area (Å²) in [6.07, 6.45) is 5.02. The van der Waals surface area contributed by atoms with Gasteiger partial charge in [0.25, 0.3) is 0 Å². The molecule has 0 fully saturated rings. The molecule has 1 aromatic carbocycles. The van der Waals surface area contributed by atoms with Gasteiger partial charge in [-0.25, -0.2) is 9.78 Å². The van der Waals surface area contributed by atoms with Gasteiger partial charge in [-0.2, -0.15) is 0 Å². The number of alkyl carbamates (subject to hydrolysis) is 1. The molecule has 3 rings (SSSR count). The number of aromatic nitrogens is 2. The number of halogens is 1. The zero-order chi connectivity index (χ0) is 20.3. The topological polar surface area (TPSA) is 87.3 Å². The Hall–Kier alpha value is -2.61. The van der Waals surface area contributed by atoms with Crippen LogP contribution in [-0.2, 0) is 9.53 Å². The molecule has 2 atom stereocenters. The summed E-state index contributed by atoms with van der Waals surface area (Å²) in [4.78, 5) is 34.2. The average Bonchev–Trinajstić information content (AvgIpc) is 3.34. The fraction of sp³-hybridized carbons (Fsp3) is 0.350. The molecule has 1 aliphatic heterocycles. The third kappa shape index (κ3) is 4.27. The van der Waals surface area contributed by atoms with Crippen LogP contribution < -0.4 is 5.32 Å². The van der Waals surface area contributed by atoms with Crippen LogP contribution in [0.25, 0.3) is 11.3 Å². The Kier molecular flexibility index (Phi) is 6.18. The Morgan fingerprint density at radius 2 is 2.04 bits per heavy atom. The molecule has 8 heteroatoms. The van der Waals surface area contributed by atoms with Gasteiger partial charge in [0.15, 0.2) is 0 Å². The van der Waals surface area contributed by atoms with Crippen LogP contribution in [0.2, 0.25) is 0 Å². The molecule has 0 saturated heterocycles. The molecule has 0 spiro atoms. The Labute approximate surface area is 172 Å². The number of amides is 2. The first-order valence-corrected chi connectivity index (χ1v) is 9.82. The molecule has 148 valence electrons. The van der Waals surface area contributed by atoms with E-state index in [-0.39, 0.29) is 17.9 Å². The third-order valence-corrected chi connectivity index (χ3v) is 5.19. The van der Waals surface area contributed by atoms with Crippen molar-refractivity contribution in [2.45, 2.75) is 25.9 Å². The van der Waals surface area contributed by atoms with Crippen LogP contribution in [-0.4, -0.2) is 46.6 Å². The number of carbonyl (C=O) groups is 2. The van der Waals surface area contributed by atoms with Gasteiger partial charge >= 0.3 is 6.09 Å². The molecule has 28 heavy (non-hydrogen) atoms. The lowest BCUT2D eigenvalue weighted by atomic mass is 10.0. The molecule has 1 unspecified atom stereocenters. The van der Waals surface area contributed by atoms with E-state index in [0.29, 0.717) is 12.4 Å². The standard InChI is InChI=1S/C20H23BrN4O3/c1-12(2)17(24-20(27)28-3)19(26)25-10-4-5-16(25)18-22-11-15(23-18)13-6-8-14(21)9-7-13/h4-9,11-12,16-17H,10H2,1-3H3,(H,22,23)(H,24,27)/t16-,17?/m0/s1. The summed E-state index contributed by atoms with van der Waals surface area (Å²) in [6.45, 7) is 4.23. The van der Waals surface area contributed by atoms with Gasteiger partial charge in [-0.05, 0) is 23.6 Å². The highest BCUT2D eigenvalue weighted by Crippen LogP contribution is 2.28. The van der Waals surface area contributed by atoms with Crippen molar-refractivity contribution in [3.05, 3.63) is 52.9 Å². The number of nitrogens with zero attached hydrogens (tertiary/aromatic N) is 2. The molecule has 2 amide bonds. The minimum Gasteiger partial charge on any atom is -0.453 e. The minimum atomic E-state index is -0.671. The van der Waals surface area contributed by atoms with Crippen molar-refractivity contribution in [1.82, 2.24) is 20.2 Å². The molecular formula is C20H23BrN4O3. The van der Waals surface area contributed by atoms with E-state index in [1.807, 2.05) is 50.3 Å². The smallest absolute Gasteiger partial charge is 0.407 e. The predicted octanol–water partition coefficient (Wildman–Crippen LogP) is 3.66. The van der Waals surface area contributed by atoms with Crippen LogP contribution in [0, 0.1) is 5.92 Å². The summed E-state index contributed by atoms with van der Waals surface area (Å²) in [6, 6.07) is 6.93. The van der Waals surface area contributed by atoms with Crippen LogP contribution >= 0.6 is 15.9 Å². The monoisotopic (exact) mass is 446 g/mol. The van der Waals surface area contributed by atoms with Gasteiger partial charge in [0.1, 0.15) is 17.9 Å². The third-order valence-electron chi connectivity index (χ3n) is 4.66. The van der Waals surface area contributed by atoms with Crippen LogP contribution in [0.5, 0.6) is 0 Å². The maximum Gasteiger partial charge on any atom is 0.407 e. The molecule has 0 saturated carbocycles. The fourth-order valence-electron chi connectivity index (χ4n) is 3.13. The largest absolute Gasteiger partial charge is 0.453 e. The van der Waals surface area contributed by atoms with Gasteiger partial charge in [-0.15, -0.1) is 0 Å². The molecule has 2 N–H and O–H groups in total. The van der Waals surface area contributed by atoms with Crippen molar-refractivity contribution in [2.24, 2.45) is 5.92 Å². The zero-order valence-corrected chi connectivity index (χ0v) is 17.6. The van der Waals surface area contributed by atoms with Gasteiger partial charge in [-0.1, -0.05) is 54.1 Å². The molecule has 1 aromatic heterocycles. The number of ether oxygens (including phenoxy) is 1. The predicted molar refractivity (Wildman–Crippen MR) is 109 cm³/mol. The molecule has 2 heterocycles. The van der Waals surface area contributed by atoms with Gasteiger partial charge < -0.3 is 19.9 Å². The first kappa shape index (κ1) is 20.1. The molecule has 2 aromatic rings. The first-order chi connectivity index (χ1) is 13.4. The van der Waals surface area contributed by atoms with Crippen molar-refractivity contribution >= 4 is 27.9 Å². The Morgan fingerprint density at radius 1 is 1.32 bits per heavy atom. The molecule has 7 nitrogen and oxygen atoms in total. The number of rotatable bonds is 5. The van der Waals surface area contributed by atoms with Crippen LogP contribution in [0.1, 0.15) is 25.7 Å². The van der Waals surface area contributed by atoms with E-state index in [1.165, 1.54) is 7.11 Å². The second-order valence-corrected chi connectivity index (χ2v) is 7.83. The highest BCUT2D eigenvalue weighted by molar-refractivity contribution is 9.10. The lowest BCUT2D eigenvalue weighted by Gasteiger charge is -2.29. The second kappa shape index (κ2) is 8.60. The van der Waals surface area contributed by atoms with E-state index in [1.54, 1.807) is 11.1 Å². The Balaban J connectivity index is 1.80. The lowest BCUT2D eigenvalue weighted by molar-refractivity contribution is -0.135. The zero-order valence-electron chi connectivity index (χ0n) is 16.0. The minimum absolute atomic E-state index is 0.0808. The van der Waals surface area contributed by atoms with Gasteiger partial charge in [0, 0.05) is 11.0 Å². The van der Waals surface area contributed by atoms with Crippen molar-refractivity contribution in [1.29, 1.82) is 0 Å². The van der Waals surface area contributed by atoms with E-state index in [0.717, 1.165) is 15.7 Å². The normalized spacial score (nSPS) is 17.0. The number of benzene rings is 1. The summed E-state index contributed by atoms with van der Waals surface area (Å²) >= 11 is 3.43. The SMILES string of the molecule is COC(=O)NC(C(=O)N1CC=C[C@H]1c1ncc(-c2ccc(Br)cc2)[nH]1)C(C)C. The summed E-state index contributed by atoms with van der Waals surface area (Å²) in [5.41, 5.74) is 1.89. The Bertz CT molecular complexity index is 876. The van der Waals surface area contributed by atoms with Crippen LogP contribution in [0.3, 0.4) is 0 Å². The van der Waals surface area contributed by atoms with Gasteiger partial charge in [0.2, 0.25) is 5.91 Å². The van der Waals surface area contributed by atoms with E-state index >= 15 is 0 Å². The summed E-state index contributed by atoms with van der Waals surface area (Å²) in [5.74, 6) is 0.431. The highest BCUT2D eigenvalue weighted by Gasteiger charge is 2.35. The maximum absolute atomic E-state index is 13.1. The highest BCUT2D eigenvalue weighted by atomic mass is 79.9. The summed E-state index contributed by atoms with van der Waals surface area (Å²) in [5, 5.41) is 2.64. The average molecular weight is 447 g/mol. The van der Waals surface area contributed by atoms with Gasteiger partial charge in [0.05, 0.1) is 19.0 Å². The number of nitrogens with one attached hydrogen (secondary N) is 2. The molecular weight excluding hydrogens is 424 g/mol. The number of hydrogen-bond acceptors (Lipinski definition) is 4. The number of imidazole rings is 1. The lowest BCUT2D eigenvalue weighted by Crippen LogP contribution is -2.51. The number of methoxy groups -OCH3 is 1. The van der Waals surface area contributed by atoms with Gasteiger partial charge in [-0.3, -0.25) is 4.79 Å². The van der Waals surface area contributed by atoms with Crippen LogP contribution in [0.15, 0.2) is 47.1 Å². The number of aromatic amines is 1. The van der Waals surface area contributed by atoms with Crippen molar-refractivity contribution in [3.8, 4) is 11.3 Å². The molecule has 0 radical (unpaired) electrons.